The van der Waals surface area contributed by atoms with E-state index in [1.165, 1.54) is 12.1 Å². The Morgan fingerprint density at radius 1 is 1.08 bits per heavy atom. The van der Waals surface area contributed by atoms with Crippen LogP contribution in [0.4, 0.5) is 11.6 Å². The highest BCUT2D eigenvalue weighted by Crippen LogP contribution is 2.16. The lowest BCUT2D eigenvalue weighted by Gasteiger charge is -2.06. The number of benzene rings is 2. The summed E-state index contributed by atoms with van der Waals surface area (Å²) in [6.45, 7) is 0. The maximum Gasteiger partial charge on any atom is 0.274 e. The van der Waals surface area contributed by atoms with E-state index in [2.05, 4.69) is 20.5 Å². The second-order valence-electron chi connectivity index (χ2n) is 5.15. The molecule has 0 aliphatic carbocycles. The van der Waals surface area contributed by atoms with Gasteiger partial charge in [-0.15, -0.1) is 10.2 Å². The number of hydrogen-bond donors (Lipinski definition) is 3. The van der Waals surface area contributed by atoms with Crippen LogP contribution in [0.2, 0.25) is 0 Å². The van der Waals surface area contributed by atoms with Gasteiger partial charge in [0.05, 0.1) is 7.11 Å². The monoisotopic (exact) mass is 324 g/mol. The fraction of sp³-hybridized carbons (Fsp3) is 0.118. The van der Waals surface area contributed by atoms with Gasteiger partial charge in [-0.1, -0.05) is 12.1 Å². The van der Waals surface area contributed by atoms with Crippen molar-refractivity contribution < 1.29 is 9.84 Å². The Balaban J connectivity index is 1.74. The third-order valence-corrected chi connectivity index (χ3v) is 3.43. The lowest BCUT2D eigenvalue weighted by molar-refractivity contribution is 0.414. The van der Waals surface area contributed by atoms with Crippen molar-refractivity contribution in [3.8, 4) is 11.5 Å². The van der Waals surface area contributed by atoms with Crippen molar-refractivity contribution in [2.75, 3.05) is 12.4 Å². The van der Waals surface area contributed by atoms with Crippen molar-refractivity contribution in [1.82, 2.24) is 15.2 Å². The predicted octanol–water partition coefficient (Wildman–Crippen LogP) is 2.21. The SMILES string of the molecule is COc1ccc(Cc2nnc(Nc3ccc(O)cc3)[nH]c2=O)cc1. The fourth-order valence-corrected chi connectivity index (χ4v) is 2.15. The maximum atomic E-state index is 12.1. The number of rotatable bonds is 5. The van der Waals surface area contributed by atoms with E-state index in [-0.39, 0.29) is 17.3 Å². The number of methoxy groups -OCH3 is 1. The van der Waals surface area contributed by atoms with Gasteiger partial charge in [-0.3, -0.25) is 9.78 Å². The van der Waals surface area contributed by atoms with E-state index in [1.807, 2.05) is 24.3 Å². The number of aromatic nitrogens is 3. The molecule has 0 fully saturated rings. The first kappa shape index (κ1) is 15.5. The number of aromatic hydroxyl groups is 1. The maximum absolute atomic E-state index is 12.1. The lowest BCUT2D eigenvalue weighted by Crippen LogP contribution is -2.18. The van der Waals surface area contributed by atoms with Gasteiger partial charge >= 0.3 is 0 Å². The molecule has 122 valence electrons. The number of ether oxygens (including phenoxy) is 1. The van der Waals surface area contributed by atoms with Gasteiger partial charge in [0.1, 0.15) is 17.2 Å². The molecule has 1 aromatic heterocycles. The number of H-pyrrole nitrogens is 1. The van der Waals surface area contributed by atoms with Gasteiger partial charge in [-0.25, -0.2) is 0 Å². The van der Waals surface area contributed by atoms with E-state index < -0.39 is 0 Å². The molecule has 0 aliphatic heterocycles. The summed E-state index contributed by atoms with van der Waals surface area (Å²) in [5.74, 6) is 1.16. The Hall–Kier alpha value is -3.35. The Morgan fingerprint density at radius 3 is 2.42 bits per heavy atom. The molecule has 0 radical (unpaired) electrons. The molecule has 7 nitrogen and oxygen atoms in total. The molecule has 0 bridgehead atoms. The van der Waals surface area contributed by atoms with Crippen LogP contribution in [0.1, 0.15) is 11.3 Å². The minimum atomic E-state index is -0.304. The molecular weight excluding hydrogens is 308 g/mol. The molecule has 1 heterocycles. The first-order chi connectivity index (χ1) is 11.6. The summed E-state index contributed by atoms with van der Waals surface area (Å²) in [5, 5.41) is 20.2. The Labute approximate surface area is 138 Å². The lowest BCUT2D eigenvalue weighted by atomic mass is 10.1. The van der Waals surface area contributed by atoms with Gasteiger partial charge in [-0.2, -0.15) is 0 Å². The van der Waals surface area contributed by atoms with E-state index >= 15 is 0 Å². The van der Waals surface area contributed by atoms with Crippen LogP contribution in [0, 0.1) is 0 Å². The zero-order valence-electron chi connectivity index (χ0n) is 13.0. The molecule has 3 N–H and O–H groups in total. The van der Waals surface area contributed by atoms with E-state index in [9.17, 15) is 9.90 Å². The molecule has 7 heteroatoms. The van der Waals surface area contributed by atoms with Crippen molar-refractivity contribution in [2.24, 2.45) is 0 Å². The molecule has 0 saturated carbocycles. The summed E-state index contributed by atoms with van der Waals surface area (Å²) in [6, 6.07) is 13.8. The Morgan fingerprint density at radius 2 is 1.79 bits per heavy atom. The van der Waals surface area contributed by atoms with Crippen molar-refractivity contribution in [1.29, 1.82) is 0 Å². The minimum absolute atomic E-state index is 0.162. The molecule has 0 aliphatic rings. The van der Waals surface area contributed by atoms with Gasteiger partial charge < -0.3 is 15.2 Å². The number of hydrogen-bond acceptors (Lipinski definition) is 6. The molecule has 0 atom stereocenters. The number of nitrogens with one attached hydrogen (secondary N) is 2. The summed E-state index contributed by atoms with van der Waals surface area (Å²) in [6.07, 6.45) is 0.381. The van der Waals surface area contributed by atoms with Crippen molar-refractivity contribution in [2.45, 2.75) is 6.42 Å². The number of aromatic amines is 1. The van der Waals surface area contributed by atoms with E-state index in [0.29, 0.717) is 17.8 Å². The predicted molar refractivity (Wildman–Crippen MR) is 89.8 cm³/mol. The van der Waals surface area contributed by atoms with Crippen molar-refractivity contribution in [3.63, 3.8) is 0 Å². The number of phenolic OH excluding ortho intramolecular Hbond substituents is 1. The second-order valence-corrected chi connectivity index (χ2v) is 5.15. The summed E-state index contributed by atoms with van der Waals surface area (Å²) in [5.41, 5.74) is 1.65. The van der Waals surface area contributed by atoms with Crippen LogP contribution in [0.5, 0.6) is 11.5 Å². The molecule has 24 heavy (non-hydrogen) atoms. The molecule has 0 unspecified atom stereocenters. The Kier molecular flexibility index (Phi) is 4.42. The molecule has 0 spiro atoms. The van der Waals surface area contributed by atoms with E-state index in [0.717, 1.165) is 11.3 Å². The average Bonchev–Trinajstić information content (AvgIpc) is 2.60. The highest BCUT2D eigenvalue weighted by molar-refractivity contribution is 5.53. The third kappa shape index (κ3) is 3.70. The molecule has 0 saturated heterocycles. The van der Waals surface area contributed by atoms with Crippen molar-refractivity contribution >= 4 is 11.6 Å². The van der Waals surface area contributed by atoms with Crippen LogP contribution in [0.15, 0.2) is 53.3 Å². The second kappa shape index (κ2) is 6.82. The normalized spacial score (nSPS) is 10.4. The van der Waals surface area contributed by atoms with Gasteiger partial charge in [0.2, 0.25) is 5.95 Å². The highest BCUT2D eigenvalue weighted by atomic mass is 16.5. The molecule has 0 amide bonds. The molecule has 2 aromatic carbocycles. The molecule has 3 aromatic rings. The van der Waals surface area contributed by atoms with Crippen LogP contribution in [-0.2, 0) is 6.42 Å². The van der Waals surface area contributed by atoms with Gasteiger partial charge in [-0.05, 0) is 42.0 Å². The van der Waals surface area contributed by atoms with Gasteiger partial charge in [0.25, 0.3) is 5.56 Å². The quantitative estimate of drug-likeness (QED) is 0.622. The van der Waals surface area contributed by atoms with Crippen LogP contribution >= 0.6 is 0 Å². The standard InChI is InChI=1S/C17H16N4O3/c1-24-14-8-2-11(3-9-14)10-15-16(23)19-17(21-20-15)18-12-4-6-13(22)7-5-12/h2-9,22H,10H2,1H3,(H2,18,19,21,23). The minimum Gasteiger partial charge on any atom is -0.508 e. The Bertz CT molecular complexity index is 874. The molecular formula is C17H16N4O3. The first-order valence-corrected chi connectivity index (χ1v) is 7.29. The van der Waals surface area contributed by atoms with Crippen molar-refractivity contribution in [3.05, 3.63) is 70.1 Å². The van der Waals surface area contributed by atoms with Crippen LogP contribution in [0.3, 0.4) is 0 Å². The smallest absolute Gasteiger partial charge is 0.274 e. The van der Waals surface area contributed by atoms with Crippen LogP contribution in [0.25, 0.3) is 0 Å². The zero-order chi connectivity index (χ0) is 16.9. The van der Waals surface area contributed by atoms with Gasteiger partial charge in [0, 0.05) is 12.1 Å². The number of nitrogens with zero attached hydrogens (tertiary/aromatic N) is 2. The first-order valence-electron chi connectivity index (χ1n) is 7.29. The van der Waals surface area contributed by atoms with Crippen LogP contribution in [-0.4, -0.2) is 27.4 Å². The summed E-state index contributed by atoms with van der Waals surface area (Å²) < 4.78 is 5.10. The largest absolute Gasteiger partial charge is 0.508 e. The zero-order valence-corrected chi connectivity index (χ0v) is 13.0. The number of anilines is 2. The fourth-order valence-electron chi connectivity index (χ4n) is 2.15. The molecule has 3 rings (SSSR count). The highest BCUT2D eigenvalue weighted by Gasteiger charge is 2.07. The summed E-state index contributed by atoms with van der Waals surface area (Å²) in [7, 11) is 1.60. The average molecular weight is 324 g/mol. The van der Waals surface area contributed by atoms with E-state index in [4.69, 9.17) is 4.74 Å². The topological polar surface area (TPSA) is 100 Å². The van der Waals surface area contributed by atoms with E-state index in [1.54, 1.807) is 19.2 Å². The summed E-state index contributed by atoms with van der Waals surface area (Å²) >= 11 is 0. The number of phenols is 1. The van der Waals surface area contributed by atoms with Crippen LogP contribution < -0.4 is 15.6 Å². The van der Waals surface area contributed by atoms with Gasteiger partial charge in [0.15, 0.2) is 0 Å². The third-order valence-electron chi connectivity index (χ3n) is 3.43. The summed E-state index contributed by atoms with van der Waals surface area (Å²) in [4.78, 5) is 14.8.